The minimum atomic E-state index is 0.203. The second kappa shape index (κ2) is 8.83. The molecule has 0 saturated carbocycles. The Morgan fingerprint density at radius 3 is 2.62 bits per heavy atom. The van der Waals surface area contributed by atoms with Crippen LogP contribution in [-0.2, 0) is 11.2 Å². The number of nitrogens with one attached hydrogen (secondary N) is 1. The third kappa shape index (κ3) is 5.88. The first kappa shape index (κ1) is 16.0. The highest BCUT2D eigenvalue weighted by atomic mass is 16.1. The van der Waals surface area contributed by atoms with Gasteiger partial charge in [-0.15, -0.1) is 0 Å². The van der Waals surface area contributed by atoms with Gasteiger partial charge in [0.1, 0.15) is 0 Å². The first-order valence-corrected chi connectivity index (χ1v) is 8.30. The van der Waals surface area contributed by atoms with Gasteiger partial charge in [-0.2, -0.15) is 0 Å². The minimum Gasteiger partial charge on any atom is -0.355 e. The summed E-state index contributed by atoms with van der Waals surface area (Å²) in [6.07, 6.45) is 6.38. The number of rotatable bonds is 8. The van der Waals surface area contributed by atoms with Gasteiger partial charge in [-0.1, -0.05) is 30.3 Å². The molecule has 116 valence electrons. The summed E-state index contributed by atoms with van der Waals surface area (Å²) in [4.78, 5) is 14.3. The Balaban J connectivity index is 1.53. The molecule has 3 heteroatoms. The van der Waals surface area contributed by atoms with Gasteiger partial charge in [-0.3, -0.25) is 9.69 Å². The Morgan fingerprint density at radius 2 is 1.90 bits per heavy atom. The van der Waals surface area contributed by atoms with Gasteiger partial charge in [0.2, 0.25) is 5.91 Å². The van der Waals surface area contributed by atoms with Crippen LogP contribution in [0.3, 0.4) is 0 Å². The Labute approximate surface area is 128 Å². The molecule has 1 aromatic rings. The van der Waals surface area contributed by atoms with E-state index in [1.807, 2.05) is 6.07 Å². The molecule has 1 aromatic carbocycles. The zero-order valence-corrected chi connectivity index (χ0v) is 13.2. The summed E-state index contributed by atoms with van der Waals surface area (Å²) in [7, 11) is 0. The molecule has 1 heterocycles. The van der Waals surface area contributed by atoms with Gasteiger partial charge >= 0.3 is 0 Å². The number of nitrogens with zero attached hydrogens (tertiary/aromatic N) is 1. The number of carbonyl (C=O) groups excluding carboxylic acids is 1. The second-order valence-electron chi connectivity index (χ2n) is 6.09. The summed E-state index contributed by atoms with van der Waals surface area (Å²) < 4.78 is 0. The van der Waals surface area contributed by atoms with Crippen molar-refractivity contribution in [3.63, 3.8) is 0 Å². The molecule has 0 aliphatic carbocycles. The Kier molecular flexibility index (Phi) is 6.74. The standard InChI is InChI=1S/C18H28N2O/c1-16(20-13-7-8-14-20)15-19-18(21)12-6-5-11-17-9-3-2-4-10-17/h2-4,9-10,16H,5-8,11-15H2,1H3,(H,19,21). The highest BCUT2D eigenvalue weighted by molar-refractivity contribution is 5.75. The van der Waals surface area contributed by atoms with E-state index >= 15 is 0 Å². The fourth-order valence-electron chi connectivity index (χ4n) is 2.92. The molecule has 1 saturated heterocycles. The summed E-state index contributed by atoms with van der Waals surface area (Å²) in [5.41, 5.74) is 1.36. The van der Waals surface area contributed by atoms with Crippen LogP contribution in [0.15, 0.2) is 30.3 Å². The van der Waals surface area contributed by atoms with Crippen molar-refractivity contribution in [3.8, 4) is 0 Å². The molecule has 1 N–H and O–H groups in total. The van der Waals surface area contributed by atoms with Crippen molar-refractivity contribution in [3.05, 3.63) is 35.9 Å². The predicted octanol–water partition coefficient (Wildman–Crippen LogP) is 3.00. The van der Waals surface area contributed by atoms with Gasteiger partial charge in [0.15, 0.2) is 0 Å². The first-order chi connectivity index (χ1) is 10.3. The summed E-state index contributed by atoms with van der Waals surface area (Å²) in [6.45, 7) is 5.38. The third-order valence-corrected chi connectivity index (χ3v) is 4.32. The van der Waals surface area contributed by atoms with E-state index in [4.69, 9.17) is 0 Å². The van der Waals surface area contributed by atoms with E-state index in [1.165, 1.54) is 31.5 Å². The molecule has 0 bridgehead atoms. The quantitative estimate of drug-likeness (QED) is 0.746. The molecule has 2 rings (SSSR count). The maximum absolute atomic E-state index is 11.8. The molecule has 0 spiro atoms. The average molecular weight is 288 g/mol. The van der Waals surface area contributed by atoms with Crippen molar-refractivity contribution >= 4 is 5.91 Å². The minimum absolute atomic E-state index is 0.203. The van der Waals surface area contributed by atoms with Gasteiger partial charge in [-0.05, 0) is 57.7 Å². The van der Waals surface area contributed by atoms with Crippen molar-refractivity contribution in [1.29, 1.82) is 0 Å². The SMILES string of the molecule is CC(CNC(=O)CCCCc1ccccc1)N1CCCC1. The molecule has 1 atom stereocenters. The second-order valence-corrected chi connectivity index (χ2v) is 6.09. The number of carbonyl (C=O) groups is 1. The Hall–Kier alpha value is -1.35. The Morgan fingerprint density at radius 1 is 1.19 bits per heavy atom. The van der Waals surface area contributed by atoms with Crippen LogP contribution in [0.25, 0.3) is 0 Å². The van der Waals surface area contributed by atoms with Crippen molar-refractivity contribution in [2.24, 2.45) is 0 Å². The summed E-state index contributed by atoms with van der Waals surface area (Å²) in [5, 5.41) is 3.08. The van der Waals surface area contributed by atoms with Crippen LogP contribution in [0.1, 0.15) is 44.6 Å². The zero-order valence-electron chi connectivity index (χ0n) is 13.2. The van der Waals surface area contributed by atoms with Crippen molar-refractivity contribution in [1.82, 2.24) is 10.2 Å². The number of amides is 1. The summed E-state index contributed by atoms with van der Waals surface area (Å²) in [6, 6.07) is 11.0. The lowest BCUT2D eigenvalue weighted by Gasteiger charge is -2.23. The molecule has 0 aromatic heterocycles. The molecular weight excluding hydrogens is 260 g/mol. The fourth-order valence-corrected chi connectivity index (χ4v) is 2.92. The zero-order chi connectivity index (χ0) is 14.9. The van der Waals surface area contributed by atoms with Crippen LogP contribution in [0.4, 0.5) is 0 Å². The van der Waals surface area contributed by atoms with E-state index in [0.29, 0.717) is 12.5 Å². The number of benzene rings is 1. The third-order valence-electron chi connectivity index (χ3n) is 4.32. The van der Waals surface area contributed by atoms with Crippen LogP contribution < -0.4 is 5.32 Å². The van der Waals surface area contributed by atoms with Gasteiger partial charge in [-0.25, -0.2) is 0 Å². The Bertz CT molecular complexity index is 412. The van der Waals surface area contributed by atoms with E-state index < -0.39 is 0 Å². The van der Waals surface area contributed by atoms with E-state index in [2.05, 4.69) is 41.4 Å². The van der Waals surface area contributed by atoms with Gasteiger partial charge in [0.05, 0.1) is 0 Å². The molecule has 1 aliphatic heterocycles. The van der Waals surface area contributed by atoms with Gasteiger partial charge in [0, 0.05) is 19.0 Å². The van der Waals surface area contributed by atoms with E-state index in [9.17, 15) is 4.79 Å². The van der Waals surface area contributed by atoms with Gasteiger partial charge < -0.3 is 5.32 Å². The van der Waals surface area contributed by atoms with Crippen LogP contribution in [0, 0.1) is 0 Å². The molecular formula is C18H28N2O. The molecule has 1 unspecified atom stereocenters. The molecule has 0 radical (unpaired) electrons. The molecule has 1 aliphatic rings. The smallest absolute Gasteiger partial charge is 0.220 e. The number of aryl methyl sites for hydroxylation is 1. The number of hydrogen-bond donors (Lipinski definition) is 1. The molecule has 1 amide bonds. The van der Waals surface area contributed by atoms with E-state index in [-0.39, 0.29) is 5.91 Å². The molecule has 21 heavy (non-hydrogen) atoms. The van der Waals surface area contributed by atoms with Crippen molar-refractivity contribution in [2.75, 3.05) is 19.6 Å². The van der Waals surface area contributed by atoms with Crippen LogP contribution in [0.5, 0.6) is 0 Å². The lowest BCUT2D eigenvalue weighted by molar-refractivity contribution is -0.121. The topological polar surface area (TPSA) is 32.3 Å². The van der Waals surface area contributed by atoms with Crippen molar-refractivity contribution < 1.29 is 4.79 Å². The molecule has 3 nitrogen and oxygen atoms in total. The van der Waals surface area contributed by atoms with Crippen LogP contribution in [-0.4, -0.2) is 36.5 Å². The first-order valence-electron chi connectivity index (χ1n) is 8.30. The van der Waals surface area contributed by atoms with Crippen LogP contribution >= 0.6 is 0 Å². The van der Waals surface area contributed by atoms with E-state index in [1.54, 1.807) is 0 Å². The molecule has 1 fully saturated rings. The highest BCUT2D eigenvalue weighted by Crippen LogP contribution is 2.11. The van der Waals surface area contributed by atoms with Crippen LogP contribution in [0.2, 0.25) is 0 Å². The van der Waals surface area contributed by atoms with Crippen molar-refractivity contribution in [2.45, 2.75) is 51.5 Å². The summed E-state index contributed by atoms with van der Waals surface area (Å²) >= 11 is 0. The average Bonchev–Trinajstić information content (AvgIpc) is 3.05. The lowest BCUT2D eigenvalue weighted by atomic mass is 10.1. The maximum atomic E-state index is 11.8. The maximum Gasteiger partial charge on any atom is 0.220 e. The lowest BCUT2D eigenvalue weighted by Crippen LogP contribution is -2.40. The largest absolute Gasteiger partial charge is 0.355 e. The normalized spacial score (nSPS) is 16.8. The van der Waals surface area contributed by atoms with E-state index in [0.717, 1.165) is 25.8 Å². The monoisotopic (exact) mass is 288 g/mol. The van der Waals surface area contributed by atoms with Gasteiger partial charge in [0.25, 0.3) is 0 Å². The fraction of sp³-hybridized carbons (Fsp3) is 0.611. The number of unbranched alkanes of at least 4 members (excludes halogenated alkanes) is 1. The highest BCUT2D eigenvalue weighted by Gasteiger charge is 2.18. The number of hydrogen-bond acceptors (Lipinski definition) is 2. The number of likely N-dealkylation sites (tertiary alicyclic amines) is 1. The summed E-state index contributed by atoms with van der Waals surface area (Å²) in [5.74, 6) is 0.203. The predicted molar refractivity (Wildman–Crippen MR) is 87.3 cm³/mol.